The number of carbonyl (C=O) groups excluding carboxylic acids is 1. The second-order valence-corrected chi connectivity index (χ2v) is 6.25. The summed E-state index contributed by atoms with van der Waals surface area (Å²) in [5.74, 6) is -0.711. The lowest BCUT2D eigenvalue weighted by molar-refractivity contribution is -0.148. The highest BCUT2D eigenvalue weighted by Gasteiger charge is 2.31. The van der Waals surface area contributed by atoms with Gasteiger partial charge in [-0.25, -0.2) is 0 Å². The molecule has 6 heteroatoms. The predicted molar refractivity (Wildman–Crippen MR) is 70.7 cm³/mol. The van der Waals surface area contributed by atoms with E-state index in [4.69, 9.17) is 13.8 Å². The number of esters is 1. The van der Waals surface area contributed by atoms with Gasteiger partial charge in [-0.3, -0.25) is 9.36 Å². The van der Waals surface area contributed by atoms with Crippen LogP contribution < -0.4 is 0 Å². The van der Waals surface area contributed by atoms with E-state index in [0.717, 1.165) is 0 Å². The summed E-state index contributed by atoms with van der Waals surface area (Å²) in [6, 6.07) is 0. The lowest BCUT2D eigenvalue weighted by Gasteiger charge is -2.23. The lowest BCUT2D eigenvalue weighted by Crippen LogP contribution is -2.24. The van der Waals surface area contributed by atoms with Crippen molar-refractivity contribution in [3.63, 3.8) is 0 Å². The second kappa shape index (κ2) is 8.68. The zero-order chi connectivity index (χ0) is 14.2. The van der Waals surface area contributed by atoms with Gasteiger partial charge in [-0.05, 0) is 26.7 Å². The summed E-state index contributed by atoms with van der Waals surface area (Å²) in [5.41, 5.74) is 0. The van der Waals surface area contributed by atoms with Gasteiger partial charge in [-0.2, -0.15) is 0 Å². The number of ether oxygens (including phenoxy) is 1. The topological polar surface area (TPSA) is 61.8 Å². The molecule has 0 heterocycles. The molecule has 0 radical (unpaired) electrons. The standard InChI is InChI=1S/C12H25O5P/c1-6-15-12(13)11(5)10(4)9-18(14,16-7-2)17-8-3/h10-11H,6-9H2,1-5H3. The Morgan fingerprint density at radius 2 is 1.56 bits per heavy atom. The number of hydrogen-bond acceptors (Lipinski definition) is 5. The molecule has 0 rings (SSSR count). The Morgan fingerprint density at radius 3 is 1.94 bits per heavy atom. The quantitative estimate of drug-likeness (QED) is 0.480. The zero-order valence-electron chi connectivity index (χ0n) is 12.0. The van der Waals surface area contributed by atoms with Crippen molar-refractivity contribution < 1.29 is 23.1 Å². The average molecular weight is 280 g/mol. The molecule has 0 aromatic carbocycles. The molecule has 0 aliphatic carbocycles. The first-order valence-electron chi connectivity index (χ1n) is 6.44. The van der Waals surface area contributed by atoms with E-state index in [9.17, 15) is 9.36 Å². The maximum atomic E-state index is 12.3. The van der Waals surface area contributed by atoms with Crippen LogP contribution in [0.3, 0.4) is 0 Å². The maximum Gasteiger partial charge on any atom is 0.330 e. The Morgan fingerprint density at radius 1 is 1.06 bits per heavy atom. The summed E-state index contributed by atoms with van der Waals surface area (Å²) < 4.78 is 27.7. The largest absolute Gasteiger partial charge is 0.466 e. The van der Waals surface area contributed by atoms with Gasteiger partial charge in [0.05, 0.1) is 31.9 Å². The van der Waals surface area contributed by atoms with Crippen molar-refractivity contribution in [2.45, 2.75) is 34.6 Å². The minimum atomic E-state index is -3.10. The minimum Gasteiger partial charge on any atom is -0.466 e. The predicted octanol–water partition coefficient (Wildman–Crippen LogP) is 3.09. The van der Waals surface area contributed by atoms with Crippen LogP contribution in [0.15, 0.2) is 0 Å². The summed E-state index contributed by atoms with van der Waals surface area (Å²) in [5, 5.41) is 0. The van der Waals surface area contributed by atoms with Crippen LogP contribution >= 0.6 is 7.60 Å². The monoisotopic (exact) mass is 280 g/mol. The fourth-order valence-corrected chi connectivity index (χ4v) is 3.65. The van der Waals surface area contributed by atoms with Crippen molar-refractivity contribution in [1.82, 2.24) is 0 Å². The van der Waals surface area contributed by atoms with Gasteiger partial charge in [-0.15, -0.1) is 0 Å². The molecule has 0 N–H and O–H groups in total. The fourth-order valence-electron chi connectivity index (χ4n) is 1.55. The van der Waals surface area contributed by atoms with E-state index < -0.39 is 7.60 Å². The first kappa shape index (κ1) is 17.6. The van der Waals surface area contributed by atoms with Crippen molar-refractivity contribution in [1.29, 1.82) is 0 Å². The maximum absolute atomic E-state index is 12.3. The molecule has 0 saturated carbocycles. The number of hydrogen-bond donors (Lipinski definition) is 0. The Bertz CT molecular complexity index is 282. The Hall–Kier alpha value is -0.380. The molecule has 18 heavy (non-hydrogen) atoms. The Labute approximate surface area is 110 Å². The third-order valence-electron chi connectivity index (χ3n) is 2.68. The van der Waals surface area contributed by atoms with Crippen LogP contribution in [0.4, 0.5) is 0 Å². The van der Waals surface area contributed by atoms with E-state index in [2.05, 4.69) is 0 Å². The molecule has 0 spiro atoms. The van der Waals surface area contributed by atoms with Crippen molar-refractivity contribution in [3.8, 4) is 0 Å². The molecule has 2 atom stereocenters. The molecule has 2 unspecified atom stereocenters. The molecule has 108 valence electrons. The molecule has 0 saturated heterocycles. The summed E-state index contributed by atoms with van der Waals surface area (Å²) >= 11 is 0. The van der Waals surface area contributed by atoms with Gasteiger partial charge in [0, 0.05) is 0 Å². The molecule has 5 nitrogen and oxygen atoms in total. The molecule has 0 aliphatic rings. The molecule has 0 aromatic rings. The summed E-state index contributed by atoms with van der Waals surface area (Å²) in [6.07, 6.45) is 0.231. The van der Waals surface area contributed by atoms with Crippen LogP contribution in [0.2, 0.25) is 0 Å². The van der Waals surface area contributed by atoms with E-state index in [0.29, 0.717) is 19.8 Å². The van der Waals surface area contributed by atoms with Crippen LogP contribution in [0.5, 0.6) is 0 Å². The van der Waals surface area contributed by atoms with E-state index >= 15 is 0 Å². The second-order valence-electron chi connectivity index (χ2n) is 4.15. The van der Waals surface area contributed by atoms with Crippen LogP contribution in [0.1, 0.15) is 34.6 Å². The van der Waals surface area contributed by atoms with Crippen molar-refractivity contribution >= 4 is 13.6 Å². The minimum absolute atomic E-state index is 0.118. The first-order chi connectivity index (χ1) is 8.40. The van der Waals surface area contributed by atoms with Crippen molar-refractivity contribution in [2.75, 3.05) is 26.0 Å². The molecule has 0 amide bonds. The molecule has 0 aliphatic heterocycles. The SMILES string of the molecule is CCOC(=O)C(C)C(C)CP(=O)(OCC)OCC. The molecular formula is C12H25O5P. The van der Waals surface area contributed by atoms with Gasteiger partial charge in [0.1, 0.15) is 0 Å². The smallest absolute Gasteiger partial charge is 0.330 e. The summed E-state index contributed by atoms with van der Waals surface area (Å²) in [4.78, 5) is 11.6. The van der Waals surface area contributed by atoms with E-state index in [1.54, 1.807) is 27.7 Å². The van der Waals surface area contributed by atoms with Crippen molar-refractivity contribution in [2.24, 2.45) is 11.8 Å². The number of rotatable bonds is 9. The molecule has 0 aromatic heterocycles. The van der Waals surface area contributed by atoms with Gasteiger partial charge in [-0.1, -0.05) is 13.8 Å². The highest BCUT2D eigenvalue weighted by atomic mass is 31.2. The number of carbonyl (C=O) groups is 1. The van der Waals surface area contributed by atoms with E-state index in [1.165, 1.54) is 0 Å². The fraction of sp³-hybridized carbons (Fsp3) is 0.917. The van der Waals surface area contributed by atoms with Crippen LogP contribution in [0, 0.1) is 11.8 Å². The van der Waals surface area contributed by atoms with E-state index in [1.807, 2.05) is 6.92 Å². The van der Waals surface area contributed by atoms with Crippen LogP contribution in [0.25, 0.3) is 0 Å². The average Bonchev–Trinajstić information content (AvgIpc) is 2.28. The van der Waals surface area contributed by atoms with Gasteiger partial charge < -0.3 is 13.8 Å². The zero-order valence-corrected chi connectivity index (χ0v) is 12.9. The third kappa shape index (κ3) is 5.98. The summed E-state index contributed by atoms with van der Waals surface area (Å²) in [7, 11) is -3.10. The molecule has 0 bridgehead atoms. The summed E-state index contributed by atoms with van der Waals surface area (Å²) in [6.45, 7) is 9.94. The van der Waals surface area contributed by atoms with Crippen LogP contribution in [-0.4, -0.2) is 32.0 Å². The highest BCUT2D eigenvalue weighted by Crippen LogP contribution is 2.50. The molecular weight excluding hydrogens is 255 g/mol. The third-order valence-corrected chi connectivity index (χ3v) is 5.00. The highest BCUT2D eigenvalue weighted by molar-refractivity contribution is 7.53. The first-order valence-corrected chi connectivity index (χ1v) is 8.17. The van der Waals surface area contributed by atoms with Gasteiger partial charge in [0.25, 0.3) is 0 Å². The Balaban J connectivity index is 4.54. The van der Waals surface area contributed by atoms with Gasteiger partial charge in [0.2, 0.25) is 0 Å². The molecule has 0 fully saturated rings. The lowest BCUT2D eigenvalue weighted by atomic mass is 9.98. The van der Waals surface area contributed by atoms with Crippen LogP contribution in [-0.2, 0) is 23.1 Å². The van der Waals surface area contributed by atoms with Gasteiger partial charge in [0.15, 0.2) is 0 Å². The van der Waals surface area contributed by atoms with Crippen molar-refractivity contribution in [3.05, 3.63) is 0 Å². The van der Waals surface area contributed by atoms with Gasteiger partial charge >= 0.3 is 13.6 Å². The van der Waals surface area contributed by atoms with E-state index in [-0.39, 0.29) is 24.0 Å². The normalized spacial score (nSPS) is 15.2. The Kier molecular flexibility index (Phi) is 8.49.